The summed E-state index contributed by atoms with van der Waals surface area (Å²) in [5.74, 6) is 2.81. The van der Waals surface area contributed by atoms with Crippen molar-refractivity contribution in [1.29, 1.82) is 0 Å². The number of benzene rings is 9. The summed E-state index contributed by atoms with van der Waals surface area (Å²) < 4.78 is 47.9. The van der Waals surface area contributed by atoms with Gasteiger partial charge in [-0.1, -0.05) is 146 Å². The van der Waals surface area contributed by atoms with Crippen LogP contribution in [-0.4, -0.2) is 245 Å². The van der Waals surface area contributed by atoms with Crippen LogP contribution >= 0.6 is 128 Å². The highest BCUT2D eigenvalue weighted by atomic mass is 35.5. The summed E-state index contributed by atoms with van der Waals surface area (Å²) >= 11 is 67.2. The lowest BCUT2D eigenvalue weighted by atomic mass is 10.2. The molecule has 9 aromatic rings. The van der Waals surface area contributed by atoms with E-state index in [2.05, 4.69) is 44.5 Å². The van der Waals surface area contributed by atoms with Crippen molar-refractivity contribution >= 4 is 167 Å². The molecule has 0 radical (unpaired) electrons. The first kappa shape index (κ1) is 98.2. The smallest absolute Gasteiger partial charge is 0.318 e. The zero-order valence-electron chi connectivity index (χ0n) is 68.1. The highest BCUT2D eigenvalue weighted by Gasteiger charge is 2.28. The lowest BCUT2D eigenvalue weighted by Gasteiger charge is -2.36. The van der Waals surface area contributed by atoms with Crippen LogP contribution in [0, 0.1) is 20.2 Å². The number of anilines is 5. The van der Waals surface area contributed by atoms with E-state index in [0.717, 1.165) is 151 Å². The molecular formula is C84H95Cl11N12O16. The Labute approximate surface area is 769 Å². The number of rotatable bonds is 23. The number of methoxy groups -OCH3 is 6. The number of piperazine rings is 5. The Morgan fingerprint density at radius 1 is 0.341 bits per heavy atom. The van der Waals surface area contributed by atoms with Crippen LogP contribution in [0.2, 0.25) is 50.2 Å². The Morgan fingerprint density at radius 2 is 0.650 bits per heavy atom. The maximum absolute atomic E-state index is 11.3. The molecule has 123 heavy (non-hydrogen) atoms. The molecule has 0 aliphatic carbocycles. The van der Waals surface area contributed by atoms with Gasteiger partial charge in [0.05, 0.1) is 149 Å². The highest BCUT2D eigenvalue weighted by Crippen LogP contribution is 2.44. The van der Waals surface area contributed by atoms with Gasteiger partial charge in [0, 0.05) is 155 Å². The molecule has 0 aromatic heterocycles. The molecule has 0 bridgehead atoms. The topological polar surface area (TPSA) is 271 Å². The maximum atomic E-state index is 11.3. The molecule has 39 heteroatoms. The van der Waals surface area contributed by atoms with Gasteiger partial charge in [-0.2, -0.15) is 0 Å². The van der Waals surface area contributed by atoms with Gasteiger partial charge in [-0.05, 0) is 84.9 Å². The first-order valence-electron chi connectivity index (χ1n) is 38.4. The predicted octanol–water partition coefficient (Wildman–Crippen LogP) is 18.8. The number of phenolic OH excluding ortho intramolecular Hbond substituents is 3. The fourth-order valence-corrected chi connectivity index (χ4v) is 15.5. The van der Waals surface area contributed by atoms with E-state index >= 15 is 0 Å². The van der Waals surface area contributed by atoms with Crippen LogP contribution in [0.25, 0.3) is 0 Å². The van der Waals surface area contributed by atoms with Crippen molar-refractivity contribution in [2.45, 2.75) is 0 Å². The molecule has 0 spiro atoms. The Bertz CT molecular complexity index is 4930. The third kappa shape index (κ3) is 27.9. The number of hydrogen-bond donors (Lipinski definition) is 4. The average Bonchev–Trinajstić information content (AvgIpc) is 0.644. The van der Waals surface area contributed by atoms with Gasteiger partial charge in [0.25, 0.3) is 0 Å². The summed E-state index contributed by atoms with van der Waals surface area (Å²) in [5, 5.41) is 59.5. The number of halogens is 11. The van der Waals surface area contributed by atoms with Gasteiger partial charge in [0.1, 0.15) is 43.2 Å². The van der Waals surface area contributed by atoms with Gasteiger partial charge in [-0.3, -0.25) is 39.8 Å². The van der Waals surface area contributed by atoms with E-state index in [-0.39, 0.29) is 35.4 Å². The molecule has 4 N–H and O–H groups in total. The number of nitrogens with zero attached hydrogens (tertiary/aromatic N) is 11. The highest BCUT2D eigenvalue weighted by molar-refractivity contribution is 6.46. The van der Waals surface area contributed by atoms with Crippen molar-refractivity contribution < 1.29 is 67.8 Å². The zero-order chi connectivity index (χ0) is 88.8. The number of nitro groups is 2. The van der Waals surface area contributed by atoms with Crippen molar-refractivity contribution in [3.63, 3.8) is 0 Å². The Morgan fingerprint density at radius 3 is 0.992 bits per heavy atom. The molecule has 9 aromatic carbocycles. The molecule has 14 rings (SSSR count). The number of hydrogen-bond acceptors (Lipinski definition) is 26. The second-order valence-electron chi connectivity index (χ2n) is 27.5. The largest absolute Gasteiger partial charge is 0.508 e. The zero-order valence-corrected chi connectivity index (χ0v) is 76.4. The monoisotopic (exact) mass is 1910 g/mol. The lowest BCUT2D eigenvalue weighted by molar-refractivity contribution is -0.386. The standard InChI is InChI=1S/C19H21Cl2N3O5.C19H22Cl2N2O3.C17H17Cl2N3O5.C11H13Cl3N2.C10H12Cl2N2.C8H10O3/c1-27-17-11-13(10-16(24(25)26)19(17)28-2)29-12-22-6-8-23(9-7-22)15-5-3-4-14(20)18(15)21;1-24-17-7-6-14(12-18(17)25-2)26-13-22-8-10-23(11-9-22)16-5-3-4-15(20)19(16)21;18-12-2-1-3-13(16(12)19)21-6-4-20(5-7-21)10-27-11-8-14(22(25)26)17(24)15(23)9-11;12-8-15-4-6-16(7-5-15)10-3-1-2-9(13)11(10)14;11-8-2-1-3-9(10(8)12)14-6-4-13-5-7-14;1-10-7-4-3-6(9)5-8(7)11-2/h3-5,10-11H,6-9,12H2,1-2H3;3-7,12H,8-11,13H2,1-2H3;1-3,8-9,23-24H,4-7,10H2;1-3H,4-8H2;1-3,13H,4-7H2;3-5,9H,1-2H3. The van der Waals surface area contributed by atoms with Gasteiger partial charge in [-0.25, -0.2) is 0 Å². The van der Waals surface area contributed by atoms with Crippen molar-refractivity contribution in [3.05, 3.63) is 222 Å². The number of aromatic hydroxyl groups is 3. The number of nitrogens with one attached hydrogen (secondary N) is 1. The second-order valence-corrected chi connectivity index (χ2v) is 31.7. The average molecular weight is 1920 g/mol. The van der Waals surface area contributed by atoms with E-state index in [0.29, 0.717) is 125 Å². The third-order valence-electron chi connectivity index (χ3n) is 20.0. The molecule has 0 amide bonds. The summed E-state index contributed by atoms with van der Waals surface area (Å²) in [6.07, 6.45) is 0. The van der Waals surface area contributed by atoms with E-state index in [1.165, 1.54) is 33.5 Å². The molecule has 0 unspecified atom stereocenters. The maximum Gasteiger partial charge on any atom is 0.318 e. The van der Waals surface area contributed by atoms with Gasteiger partial charge >= 0.3 is 11.4 Å². The fourth-order valence-electron chi connectivity index (χ4n) is 13.2. The molecule has 5 aliphatic heterocycles. The minimum atomic E-state index is -0.782. The Balaban J connectivity index is 0.000000172. The summed E-state index contributed by atoms with van der Waals surface area (Å²) in [6.45, 7) is 18.1. The second kappa shape index (κ2) is 49.3. The van der Waals surface area contributed by atoms with Crippen LogP contribution in [-0.2, 0) is 0 Å². The first-order valence-corrected chi connectivity index (χ1v) is 42.8. The molecule has 0 atom stereocenters. The number of alkyl halides is 1. The SMILES string of the molecule is COc1cc(OCN2CCN(c3cccc(Cl)c3Cl)CC2)cc([N+](=O)[O-])c1OC.COc1ccc(O)cc1OC.COc1ccc(OCN2CCN(c3cccc(Cl)c3Cl)CC2)cc1OC.ClCN1CCN(c2cccc(Cl)c2Cl)CC1.Clc1cccc(N2CCNCC2)c1Cl.O=[N+]([O-])c1cc(OCN2CCN(c3cccc(Cl)c3Cl)CC2)cc(O)c1O. The Kier molecular flexibility index (Phi) is 39.4. The van der Waals surface area contributed by atoms with Crippen LogP contribution in [0.1, 0.15) is 0 Å². The number of ether oxygens (including phenoxy) is 9. The Hall–Kier alpha value is -8.63. The molecule has 0 saturated carbocycles. The van der Waals surface area contributed by atoms with Crippen molar-refractivity contribution in [1.82, 2.24) is 24.9 Å². The normalized spacial score (nSPS) is 15.0. The molecule has 5 saturated heterocycles. The summed E-state index contributed by atoms with van der Waals surface area (Å²) in [7, 11) is 9.08. The van der Waals surface area contributed by atoms with E-state index in [4.69, 9.17) is 175 Å². The van der Waals surface area contributed by atoms with Crippen LogP contribution in [0.3, 0.4) is 0 Å². The minimum absolute atomic E-state index is 0.0665. The van der Waals surface area contributed by atoms with Gasteiger partial charge < -0.3 is 87.8 Å². The molecule has 5 aliphatic rings. The van der Waals surface area contributed by atoms with Crippen LogP contribution in [0.4, 0.5) is 39.8 Å². The van der Waals surface area contributed by atoms with Crippen molar-refractivity contribution in [2.75, 3.05) is 224 Å². The quantitative estimate of drug-likeness (QED) is 0.0152. The van der Waals surface area contributed by atoms with E-state index in [1.807, 2.05) is 95.9 Å². The third-order valence-corrected chi connectivity index (χ3v) is 24.4. The van der Waals surface area contributed by atoms with Crippen molar-refractivity contribution in [2.24, 2.45) is 0 Å². The molecule has 5 fully saturated rings. The number of phenols is 3. The lowest BCUT2D eigenvalue weighted by Crippen LogP contribution is -2.47. The summed E-state index contributed by atoms with van der Waals surface area (Å²) in [5.41, 5.74) is 4.02. The van der Waals surface area contributed by atoms with E-state index < -0.39 is 27.0 Å². The van der Waals surface area contributed by atoms with E-state index in [9.17, 15) is 30.4 Å². The van der Waals surface area contributed by atoms with Crippen LogP contribution in [0.15, 0.2) is 152 Å². The molecule has 28 nitrogen and oxygen atoms in total. The van der Waals surface area contributed by atoms with E-state index in [1.54, 1.807) is 57.7 Å². The van der Waals surface area contributed by atoms with Gasteiger partial charge in [0.2, 0.25) is 11.5 Å². The van der Waals surface area contributed by atoms with Crippen LogP contribution in [0.5, 0.6) is 69.0 Å². The molecule has 5 heterocycles. The van der Waals surface area contributed by atoms with Gasteiger partial charge in [0.15, 0.2) is 34.5 Å². The summed E-state index contributed by atoms with van der Waals surface area (Å²) in [6, 6.07) is 44.3. The number of nitro benzene ring substituents is 2. The fraction of sp³-hybridized carbons (Fsp3) is 0.357. The van der Waals surface area contributed by atoms with Crippen LogP contribution < -0.4 is 72.4 Å². The first-order chi connectivity index (χ1) is 59.2. The van der Waals surface area contributed by atoms with Gasteiger partial charge in [-0.15, -0.1) is 11.6 Å². The van der Waals surface area contributed by atoms with Crippen molar-refractivity contribution in [3.8, 4) is 69.0 Å². The minimum Gasteiger partial charge on any atom is -0.508 e. The molecular weight excluding hydrogens is 1820 g/mol. The molecule has 664 valence electrons. The summed E-state index contributed by atoms with van der Waals surface area (Å²) in [4.78, 5) is 40.5. The predicted molar refractivity (Wildman–Crippen MR) is 493 cm³/mol.